The van der Waals surface area contributed by atoms with Crippen molar-refractivity contribution in [2.24, 2.45) is 0 Å². The Morgan fingerprint density at radius 3 is 1.33 bits per heavy atom. The van der Waals surface area contributed by atoms with E-state index >= 15 is 0 Å². The molecule has 0 aliphatic rings. The van der Waals surface area contributed by atoms with Crippen molar-refractivity contribution in [1.29, 1.82) is 0 Å². The van der Waals surface area contributed by atoms with Crippen LogP contribution in [0, 0.1) is 0 Å². The van der Waals surface area contributed by atoms with Crippen LogP contribution in [0.4, 0.5) is 0 Å². The standard InChI is InChI=1S/Cu.O2S.2O/c;1-3-2;;. The van der Waals surface area contributed by atoms with Crippen LogP contribution in [0.1, 0.15) is 0 Å². The molecule has 0 spiro atoms. The van der Waals surface area contributed by atoms with E-state index in [-0.39, 0.29) is 0 Å². The fourth-order valence-corrected chi connectivity index (χ4v) is 0. The Morgan fingerprint density at radius 2 is 1.33 bits per heavy atom. The first-order valence-electron chi connectivity index (χ1n) is 0.703. The molecule has 0 heterocycles. The molecule has 4 nitrogen and oxygen atoms in total. The Balaban J connectivity index is 5.99. The fourth-order valence-electron chi connectivity index (χ4n) is 0. The third kappa shape index (κ3) is 2.19. The van der Waals surface area contributed by atoms with Crippen LogP contribution in [-0.4, -0.2) is 8.42 Å². The zero-order valence-corrected chi connectivity index (χ0v) is 4.10. The molecule has 6 heteroatoms. The molecule has 0 unspecified atom stereocenters. The molecule has 0 radical (unpaired) electrons. The van der Waals surface area contributed by atoms with Gasteiger partial charge >= 0.3 is 36.9 Å². The Kier molecular flexibility index (Phi) is 2.15. The van der Waals surface area contributed by atoms with Gasteiger partial charge < -0.3 is 0 Å². The summed E-state index contributed by atoms with van der Waals surface area (Å²) in [6.45, 7) is 0. The van der Waals surface area contributed by atoms with E-state index in [0.29, 0.717) is 0 Å². The first kappa shape index (κ1) is 5.94. The summed E-state index contributed by atoms with van der Waals surface area (Å²) in [6, 6.07) is 0. The predicted octanol–water partition coefficient (Wildman–Crippen LogP) is -0.910. The summed E-state index contributed by atoms with van der Waals surface area (Å²) in [6.07, 6.45) is 0. The molecular weight excluding hydrogens is 160 g/mol. The van der Waals surface area contributed by atoms with Gasteiger partial charge in [-0.3, -0.25) is 0 Å². The van der Waals surface area contributed by atoms with E-state index in [1.54, 1.807) is 0 Å². The topological polar surface area (TPSA) is 68.3 Å². The minimum absolute atomic E-state index is 2.90. The Morgan fingerprint density at radius 1 is 1.17 bits per heavy atom. The van der Waals surface area contributed by atoms with Crippen LogP contribution < -0.4 is 0 Å². The molecule has 0 aromatic carbocycles. The van der Waals surface area contributed by atoms with Crippen molar-refractivity contribution in [2.75, 3.05) is 0 Å². The summed E-state index contributed by atoms with van der Waals surface area (Å²) >= 11 is -2.90. The number of hydrogen-bond donors (Lipinski definition) is 0. The third-order valence-electron chi connectivity index (χ3n) is 0.0821. The molecule has 0 saturated heterocycles. The van der Waals surface area contributed by atoms with Gasteiger partial charge in [0.1, 0.15) is 0 Å². The second kappa shape index (κ2) is 2.17. The maximum absolute atomic E-state index is 9.08. The molecule has 0 N–H and O–H groups in total. The second-order valence-corrected chi connectivity index (χ2v) is 2.90. The fraction of sp³-hybridized carbons (Fsp3) is 0. The van der Waals surface area contributed by atoms with E-state index in [1.807, 2.05) is 0 Å². The summed E-state index contributed by atoms with van der Waals surface area (Å²) in [5.74, 6) is 0. The summed E-state index contributed by atoms with van der Waals surface area (Å²) in [4.78, 5) is 0. The van der Waals surface area contributed by atoms with E-state index in [9.17, 15) is 0 Å². The van der Waals surface area contributed by atoms with Gasteiger partial charge in [-0.05, 0) is 0 Å². The van der Waals surface area contributed by atoms with Crippen molar-refractivity contribution in [3.8, 4) is 0 Å². The maximum atomic E-state index is 9.08. The van der Waals surface area contributed by atoms with Crippen molar-refractivity contribution >= 4 is 8.63 Å². The molecule has 0 aliphatic heterocycles. The number of hydrogen-bond acceptors (Lipinski definition) is 4. The second-order valence-electron chi connectivity index (χ2n) is 0.319. The van der Waals surface area contributed by atoms with Gasteiger partial charge in [0.2, 0.25) is 0 Å². The van der Waals surface area contributed by atoms with Crippen LogP contribution in [0.5, 0.6) is 0 Å². The molecule has 0 fully saturated rings. The summed E-state index contributed by atoms with van der Waals surface area (Å²) in [5.41, 5.74) is 0. The molecule has 0 atom stereocenters. The van der Waals surface area contributed by atoms with Gasteiger partial charge in [0.15, 0.2) is 0 Å². The zero-order valence-electron chi connectivity index (χ0n) is 2.34. The summed E-state index contributed by atoms with van der Waals surface area (Å²) in [7, 11) is -2.96. The molecule has 0 amide bonds. The third-order valence-corrected chi connectivity index (χ3v) is 1.02. The zero-order chi connectivity index (χ0) is 5.15. The Hall–Kier alpha value is -0.0605. The van der Waals surface area contributed by atoms with Crippen LogP contribution in [0.2, 0.25) is 0 Å². The average Bonchev–Trinajstić information content (AvgIpc) is 1.36. The first-order chi connectivity index (χ1) is 2.64. The van der Waals surface area contributed by atoms with Crippen molar-refractivity contribution in [1.82, 2.24) is 0 Å². The van der Waals surface area contributed by atoms with Crippen molar-refractivity contribution in [3.05, 3.63) is 0 Å². The summed E-state index contributed by atoms with van der Waals surface area (Å²) in [5, 5.41) is 0. The van der Waals surface area contributed by atoms with Gasteiger partial charge in [-0.2, -0.15) is 0 Å². The van der Waals surface area contributed by atoms with Crippen LogP contribution in [-0.2, 0) is 28.4 Å². The van der Waals surface area contributed by atoms with Gasteiger partial charge in [-0.15, -0.1) is 0 Å². The Labute approximate surface area is 37.5 Å². The molecule has 0 aromatic rings. The monoisotopic (exact) mass is 159 g/mol. The van der Waals surface area contributed by atoms with E-state index in [2.05, 4.69) is 0 Å². The van der Waals surface area contributed by atoms with Crippen molar-refractivity contribution in [2.45, 2.75) is 0 Å². The van der Waals surface area contributed by atoms with E-state index in [1.165, 1.54) is 0 Å². The normalized spacial score (nSPS) is 10.3. The minimum atomic E-state index is -2.96. The quantitative estimate of drug-likeness (QED) is 0.429. The average molecular weight is 160 g/mol. The van der Waals surface area contributed by atoms with Gasteiger partial charge in [-0.25, -0.2) is 0 Å². The predicted molar refractivity (Wildman–Crippen MR) is 10.3 cm³/mol. The van der Waals surface area contributed by atoms with E-state index in [4.69, 9.17) is 16.1 Å². The van der Waals surface area contributed by atoms with E-state index in [0.717, 1.165) is 0 Å². The van der Waals surface area contributed by atoms with Crippen LogP contribution in [0.25, 0.3) is 0 Å². The van der Waals surface area contributed by atoms with Gasteiger partial charge in [-0.1, -0.05) is 0 Å². The van der Waals surface area contributed by atoms with Gasteiger partial charge in [0.05, 0.1) is 0 Å². The SMILES string of the molecule is O=[S](=O)=[Cu](=[O])=[O]. The summed E-state index contributed by atoms with van der Waals surface area (Å²) < 4.78 is 36.3. The van der Waals surface area contributed by atoms with E-state index < -0.39 is 20.8 Å². The molecule has 6 heavy (non-hydrogen) atoms. The molecule has 0 saturated carbocycles. The molecule has 0 rings (SSSR count). The van der Waals surface area contributed by atoms with Crippen LogP contribution in [0.3, 0.4) is 0 Å². The van der Waals surface area contributed by atoms with Crippen LogP contribution >= 0.6 is 0 Å². The van der Waals surface area contributed by atoms with Crippen molar-refractivity contribution in [3.63, 3.8) is 0 Å². The first-order valence-corrected chi connectivity index (χ1v) is 3.54. The molecule has 41 valence electrons. The Bertz CT molecular complexity index is 193. The number of rotatable bonds is 0. The molecule has 0 aromatic heterocycles. The van der Waals surface area contributed by atoms with Gasteiger partial charge in [0.25, 0.3) is 0 Å². The molecular formula is CuO4S. The van der Waals surface area contributed by atoms with Crippen LogP contribution in [0.15, 0.2) is 0 Å². The molecule has 0 aliphatic carbocycles. The molecule has 0 bridgehead atoms. The van der Waals surface area contributed by atoms with Crippen molar-refractivity contribution < 1.29 is 28.2 Å². The van der Waals surface area contributed by atoms with Gasteiger partial charge in [0, 0.05) is 0 Å².